The molecule has 4 aliphatic heterocycles. The van der Waals surface area contributed by atoms with Gasteiger partial charge in [-0.15, -0.1) is 23.5 Å². The van der Waals surface area contributed by atoms with Crippen LogP contribution in [0.5, 0.6) is 11.5 Å². The Hall–Kier alpha value is -13.3. The standard InChI is InChI=1S/C95H117N17O18S2/c1-8-9-30-75-94(129)110-40-21-31-74(110)88(123)103-70-48-80(116)107-112(95(130)82(56(4)5)106-87(70)122)76(45-58-24-15-11-16-25-58)89(124)104-72(44-61-34-38-64(114)39-35-61)92(127)111-54-132-52-78(111)90(125)102-69(47-62-49-97-66-29-20-19-28-65(62)66)86(121)101-68(42-60-32-36-63(113)37-33-60)85(120)100-67(41-55(2)3)84(119)105-73(83(118)98-50-79(96)115)51-131-53-81(117)99-71(43-57-22-13-10-14-23-57)91(126)109(7)77(93(128)108(75)6)46-59-26-17-12-18-27-59/h10-20,22-29,32-39,49,55-56,67-78,82,97,113-114H,8-9,21,30-31,40-48,50-54H2,1-7H3,(H2,96,115)(H,98,118)(H,99,117)(H,100,120)(H,101,121)(H,102,125)(H,103,123)(H,104,124)(H,105,119)(H,106,122)(H,107,116)/t67-,68-,69-,70-,71-,72-,73-,74+,75-,76-,77-,78+,82-/m0/s1. The summed E-state index contributed by atoms with van der Waals surface area (Å²) in [4.78, 5) is 250. The van der Waals surface area contributed by atoms with Gasteiger partial charge in [0.1, 0.15) is 90.0 Å². The van der Waals surface area contributed by atoms with E-state index in [2.05, 4.69) is 58.3 Å². The van der Waals surface area contributed by atoms with Crippen LogP contribution < -0.4 is 59.0 Å². The van der Waals surface area contributed by atoms with Gasteiger partial charge >= 0.3 is 0 Å². The number of nitrogens with one attached hydrogen (secondary N) is 11. The summed E-state index contributed by atoms with van der Waals surface area (Å²) in [5, 5.41) is 47.1. The lowest BCUT2D eigenvalue weighted by molar-refractivity contribution is -0.152. The highest BCUT2D eigenvalue weighted by Crippen LogP contribution is 2.29. The summed E-state index contributed by atoms with van der Waals surface area (Å²) in [6, 6.07) is 24.9. The van der Waals surface area contributed by atoms with Crippen molar-refractivity contribution < 1.29 is 86.9 Å². The van der Waals surface area contributed by atoms with E-state index in [-0.39, 0.29) is 106 Å². The molecule has 11 rings (SSSR count). The first-order chi connectivity index (χ1) is 63.2. The van der Waals surface area contributed by atoms with Gasteiger partial charge in [0.15, 0.2) is 0 Å². The Balaban J connectivity index is 0.991. The molecule has 0 saturated carbocycles. The molecule has 2 bridgehead atoms. The lowest BCUT2D eigenvalue weighted by Gasteiger charge is -2.38. The van der Waals surface area contributed by atoms with Crippen molar-refractivity contribution in [1.29, 1.82) is 0 Å². The van der Waals surface area contributed by atoms with Gasteiger partial charge in [-0.25, -0.2) is 5.01 Å². The van der Waals surface area contributed by atoms with Gasteiger partial charge < -0.3 is 88.4 Å². The number of phenolic OH excluding ortho intramolecular Hbond substituents is 2. The number of unbranched alkanes of at least 4 members (excludes halogenated alkanes) is 1. The van der Waals surface area contributed by atoms with Crippen molar-refractivity contribution in [2.45, 2.75) is 197 Å². The minimum Gasteiger partial charge on any atom is -0.508 e. The number of hydrazine groups is 1. The first kappa shape index (κ1) is 99.3. The third-order valence-electron chi connectivity index (χ3n) is 23.8. The summed E-state index contributed by atoms with van der Waals surface area (Å²) >= 11 is 2.02. The maximum atomic E-state index is 15.9. The number of likely N-dealkylation sites (N-methyl/N-ethyl adjacent to an activating group) is 2. The van der Waals surface area contributed by atoms with E-state index in [9.17, 15) is 34.2 Å². The summed E-state index contributed by atoms with van der Waals surface area (Å²) in [7, 11) is 2.83. The van der Waals surface area contributed by atoms with Crippen molar-refractivity contribution >= 4 is 129 Å². The van der Waals surface area contributed by atoms with Gasteiger partial charge in [0.25, 0.3) is 5.91 Å². The van der Waals surface area contributed by atoms with Gasteiger partial charge in [-0.05, 0) is 101 Å². The number of aromatic nitrogens is 1. The molecule has 6 aromatic carbocycles. The maximum absolute atomic E-state index is 15.9. The SMILES string of the molecule is CCCC[C@H]1C(=O)N2CCC[C@@H]2C(=O)N[C@H]2CC(=O)NN(C(=O)[C@H](C(C)C)NC2=O)[C@@H](Cc2ccccc2)C(=O)N[C@@H](Cc2ccc(O)cc2)C(=O)N2CSC[C@@H]2C(=O)N[C@@H](Cc2c[nH]c3ccccc23)C(=O)N[C@@H](Cc2ccc(O)cc2)C(=O)N[C@@H](CC(C)C)C(=O)N[C@H](C(=O)NCC(N)=O)CSCC(=O)N[C@@H](Cc2ccccc2)C(=O)N(C)[C@@H](Cc2ccccc2)C(=O)N1C. The van der Waals surface area contributed by atoms with E-state index in [1.165, 1.54) is 94.0 Å². The molecule has 0 unspecified atom stereocenters. The number of hydrogen-bond donors (Lipinski definition) is 14. The number of thioether (sulfide) groups is 2. The van der Waals surface area contributed by atoms with Gasteiger partial charge in [0, 0.05) is 87.8 Å². The second-order valence-corrected chi connectivity index (χ2v) is 36.5. The van der Waals surface area contributed by atoms with E-state index in [0.717, 1.165) is 16.8 Å². The minimum atomic E-state index is -1.75. The van der Waals surface area contributed by atoms with Gasteiger partial charge in [-0.2, -0.15) is 0 Å². The fraction of sp³-hybridized carbons (Fsp3) is 0.432. The average Bonchev–Trinajstić information content (AvgIpc) is 1.28. The third kappa shape index (κ3) is 26.7. The molecule has 4 saturated heterocycles. The molecule has 15 N–H and O–H groups in total. The molecule has 13 atom stereocenters. The van der Waals surface area contributed by atoms with Crippen LogP contribution in [0.25, 0.3) is 10.9 Å². The lowest BCUT2D eigenvalue weighted by Crippen LogP contribution is -2.64. The Labute approximate surface area is 773 Å². The van der Waals surface area contributed by atoms with Gasteiger partial charge in [0.05, 0.1) is 24.6 Å². The van der Waals surface area contributed by atoms with E-state index < -0.39 is 198 Å². The third-order valence-corrected chi connectivity index (χ3v) is 25.9. The second-order valence-electron chi connectivity index (χ2n) is 34.5. The number of fused-ring (bicyclic) bond motifs is 7. The van der Waals surface area contributed by atoms with Crippen LogP contribution in [-0.4, -0.2) is 263 Å². The quantitative estimate of drug-likeness (QED) is 0.0492. The predicted octanol–water partition coefficient (Wildman–Crippen LogP) is 2.63. The van der Waals surface area contributed by atoms with E-state index in [0.29, 0.717) is 57.1 Å². The smallest absolute Gasteiger partial charge is 0.264 e. The van der Waals surface area contributed by atoms with Crippen LogP contribution in [0, 0.1) is 11.8 Å². The molecular weight excluding hydrogens is 1730 g/mol. The molecular formula is C95H117N17O18S2. The Bertz CT molecular complexity index is 5290. The molecule has 132 heavy (non-hydrogen) atoms. The predicted molar refractivity (Wildman–Crippen MR) is 494 cm³/mol. The van der Waals surface area contributed by atoms with Crippen LogP contribution in [0.1, 0.15) is 113 Å². The number of benzene rings is 6. The monoisotopic (exact) mass is 1850 g/mol. The molecule has 5 heterocycles. The molecule has 16 amide bonds. The normalized spacial score (nSPS) is 24.0. The van der Waals surface area contributed by atoms with Crippen LogP contribution in [0.2, 0.25) is 0 Å². The minimum absolute atomic E-state index is 0.0106. The second kappa shape index (κ2) is 47.0. The number of rotatable bonds is 21. The summed E-state index contributed by atoms with van der Waals surface area (Å²) in [6.07, 6.45) is 0.687. The summed E-state index contributed by atoms with van der Waals surface area (Å²) in [6.45, 7) is 7.95. The van der Waals surface area contributed by atoms with Crippen molar-refractivity contribution in [3.05, 3.63) is 203 Å². The Morgan fingerprint density at radius 3 is 1.61 bits per heavy atom. The molecule has 7 aromatic rings. The number of carbonyl (C=O) groups excluding carboxylic acids is 16. The molecule has 0 radical (unpaired) electrons. The van der Waals surface area contributed by atoms with Crippen LogP contribution >= 0.6 is 23.5 Å². The van der Waals surface area contributed by atoms with Gasteiger partial charge in [-0.3, -0.25) is 82.1 Å². The van der Waals surface area contributed by atoms with Crippen LogP contribution in [0.3, 0.4) is 0 Å². The Kier molecular flexibility index (Phi) is 35.3. The van der Waals surface area contributed by atoms with Crippen molar-refractivity contribution in [3.63, 3.8) is 0 Å². The largest absolute Gasteiger partial charge is 0.508 e. The zero-order valence-corrected chi connectivity index (χ0v) is 76.5. The fourth-order valence-electron chi connectivity index (χ4n) is 16.6. The average molecular weight is 1850 g/mol. The first-order valence-electron chi connectivity index (χ1n) is 44.4. The zero-order chi connectivity index (χ0) is 95.0. The topological polar surface area (TPSA) is 492 Å². The lowest BCUT2D eigenvalue weighted by atomic mass is 9.99. The van der Waals surface area contributed by atoms with Gasteiger partial charge in [-0.1, -0.05) is 181 Å². The molecule has 0 spiro atoms. The number of aromatic hydroxyl groups is 2. The van der Waals surface area contributed by atoms with E-state index >= 15 is 52.7 Å². The molecule has 4 aliphatic rings. The highest BCUT2D eigenvalue weighted by Gasteiger charge is 2.48. The Morgan fingerprint density at radius 1 is 0.485 bits per heavy atom. The molecule has 0 aliphatic carbocycles. The number of hydrogen-bond acceptors (Lipinski definition) is 20. The van der Waals surface area contributed by atoms with Crippen molar-refractivity contribution in [2.24, 2.45) is 17.6 Å². The van der Waals surface area contributed by atoms with Crippen molar-refractivity contribution in [1.82, 2.24) is 82.9 Å². The first-order valence-corrected chi connectivity index (χ1v) is 46.7. The number of amides is 16. The number of para-hydroxylation sites is 1. The van der Waals surface area contributed by atoms with Crippen molar-refractivity contribution in [2.75, 3.05) is 50.3 Å². The van der Waals surface area contributed by atoms with Gasteiger partial charge in [0.2, 0.25) is 88.6 Å². The fourth-order valence-corrected chi connectivity index (χ4v) is 18.6. The zero-order valence-electron chi connectivity index (χ0n) is 74.8. The molecule has 37 heteroatoms. The number of H-pyrrole nitrogens is 1. The van der Waals surface area contributed by atoms with E-state index in [1.54, 1.807) is 149 Å². The molecule has 35 nitrogen and oxygen atoms in total. The number of primary amides is 1. The highest BCUT2D eigenvalue weighted by atomic mass is 32.2. The number of aromatic amines is 1. The Morgan fingerprint density at radius 2 is 1.01 bits per heavy atom. The molecule has 4 fully saturated rings. The van der Waals surface area contributed by atoms with Crippen molar-refractivity contribution in [3.8, 4) is 11.5 Å². The number of carbonyl (C=O) groups is 16. The van der Waals surface area contributed by atoms with E-state index in [1.807, 2.05) is 6.92 Å². The summed E-state index contributed by atoms with van der Waals surface area (Å²) in [5.74, 6) is -16.5. The number of nitrogens with two attached hydrogens (primary N) is 1. The van der Waals surface area contributed by atoms with Crippen LogP contribution in [0.4, 0.5) is 0 Å². The van der Waals surface area contributed by atoms with Crippen LogP contribution in [0.15, 0.2) is 170 Å². The molecule has 702 valence electrons. The number of nitrogens with zero attached hydrogens (tertiary/aromatic N) is 5. The summed E-state index contributed by atoms with van der Waals surface area (Å²) in [5.41, 5.74) is 11.8. The number of phenols is 2. The van der Waals surface area contributed by atoms with Crippen LogP contribution in [-0.2, 0) is 115 Å². The summed E-state index contributed by atoms with van der Waals surface area (Å²) < 4.78 is 0. The molecule has 1 aromatic heterocycles. The van der Waals surface area contributed by atoms with E-state index in [4.69, 9.17) is 5.73 Å². The maximum Gasteiger partial charge on any atom is 0.264 e. The highest BCUT2D eigenvalue weighted by molar-refractivity contribution is 8.00.